The SMILES string of the molecule is CC(=O)NC1S[C@@H]2C(c3ccccc3)C(=O)N2CC1(CO)C(=O)OC(c1ccccc1)c1ccccc1. The van der Waals surface area contributed by atoms with Gasteiger partial charge < -0.3 is 20.1 Å². The van der Waals surface area contributed by atoms with Crippen molar-refractivity contribution < 1.29 is 24.2 Å². The van der Waals surface area contributed by atoms with Crippen LogP contribution in [0.4, 0.5) is 0 Å². The number of hydrogen-bond donors (Lipinski definition) is 2. The normalized spacial score (nSPS) is 24.7. The maximum absolute atomic E-state index is 13.9. The number of benzene rings is 3. The molecule has 3 aromatic rings. The summed E-state index contributed by atoms with van der Waals surface area (Å²) in [7, 11) is 0. The molecule has 3 aromatic carbocycles. The Morgan fingerprint density at radius 3 is 2.05 bits per heavy atom. The maximum atomic E-state index is 13.9. The van der Waals surface area contributed by atoms with Crippen LogP contribution >= 0.6 is 11.8 Å². The minimum Gasteiger partial charge on any atom is -0.452 e. The number of fused-ring (bicyclic) bond motifs is 1. The number of hydrogen-bond acceptors (Lipinski definition) is 6. The number of carbonyl (C=O) groups is 3. The summed E-state index contributed by atoms with van der Waals surface area (Å²) in [6.45, 7) is 0.730. The lowest BCUT2D eigenvalue weighted by atomic mass is 9.82. The summed E-state index contributed by atoms with van der Waals surface area (Å²) < 4.78 is 6.12. The molecule has 37 heavy (non-hydrogen) atoms. The van der Waals surface area contributed by atoms with E-state index in [1.807, 2.05) is 91.0 Å². The van der Waals surface area contributed by atoms with Gasteiger partial charge in [0, 0.05) is 13.5 Å². The van der Waals surface area contributed by atoms with Gasteiger partial charge in [-0.25, -0.2) is 0 Å². The summed E-state index contributed by atoms with van der Waals surface area (Å²) in [5.41, 5.74) is 0.898. The predicted octanol–water partition coefficient (Wildman–Crippen LogP) is 3.46. The summed E-state index contributed by atoms with van der Waals surface area (Å²) in [5, 5.41) is 12.4. The molecule has 0 bridgehead atoms. The lowest BCUT2D eigenvalue weighted by Crippen LogP contribution is -2.71. The molecule has 0 radical (unpaired) electrons. The number of ether oxygens (including phenoxy) is 1. The van der Waals surface area contributed by atoms with Crippen molar-refractivity contribution >= 4 is 29.5 Å². The van der Waals surface area contributed by atoms with Crippen molar-refractivity contribution in [3.63, 3.8) is 0 Å². The molecule has 2 aliphatic heterocycles. The van der Waals surface area contributed by atoms with E-state index in [0.29, 0.717) is 0 Å². The molecule has 5 rings (SSSR count). The van der Waals surface area contributed by atoms with Gasteiger partial charge in [0.1, 0.15) is 5.41 Å². The third-order valence-corrected chi connectivity index (χ3v) is 8.63. The molecular formula is C29H28N2O5S. The Morgan fingerprint density at radius 1 is 1.00 bits per heavy atom. The van der Waals surface area contributed by atoms with Crippen molar-refractivity contribution in [2.75, 3.05) is 13.2 Å². The fourth-order valence-corrected chi connectivity index (χ4v) is 6.78. The van der Waals surface area contributed by atoms with Crippen LogP contribution in [0.3, 0.4) is 0 Å². The molecule has 3 unspecified atom stereocenters. The molecule has 2 aliphatic rings. The van der Waals surface area contributed by atoms with E-state index >= 15 is 0 Å². The van der Waals surface area contributed by atoms with E-state index in [-0.39, 0.29) is 29.7 Å². The maximum Gasteiger partial charge on any atom is 0.320 e. The molecule has 2 fully saturated rings. The molecule has 2 heterocycles. The van der Waals surface area contributed by atoms with Crippen LogP contribution in [0, 0.1) is 5.41 Å². The second-order valence-corrected chi connectivity index (χ2v) is 10.6. The van der Waals surface area contributed by atoms with E-state index in [1.54, 1.807) is 4.90 Å². The average Bonchev–Trinajstić information content (AvgIpc) is 2.93. The van der Waals surface area contributed by atoms with Crippen LogP contribution in [0.25, 0.3) is 0 Å². The number of nitrogens with zero attached hydrogens (tertiary/aromatic N) is 1. The molecule has 7 nitrogen and oxygen atoms in total. The first-order valence-corrected chi connectivity index (χ1v) is 13.1. The number of nitrogens with one attached hydrogen (secondary N) is 1. The zero-order valence-electron chi connectivity index (χ0n) is 20.3. The van der Waals surface area contributed by atoms with Gasteiger partial charge in [0.25, 0.3) is 0 Å². The molecule has 0 aromatic heterocycles. The largest absolute Gasteiger partial charge is 0.452 e. The second kappa shape index (κ2) is 10.4. The van der Waals surface area contributed by atoms with Crippen molar-refractivity contribution in [1.82, 2.24) is 10.2 Å². The molecular weight excluding hydrogens is 488 g/mol. The Morgan fingerprint density at radius 2 is 1.54 bits per heavy atom. The number of carbonyl (C=O) groups excluding carboxylic acids is 3. The molecule has 0 aliphatic carbocycles. The number of β-lactam (4-membered cyclic amide) rings is 1. The Hall–Kier alpha value is -3.62. The van der Waals surface area contributed by atoms with Crippen LogP contribution in [-0.2, 0) is 19.1 Å². The number of rotatable bonds is 7. The zero-order chi connectivity index (χ0) is 26.0. The Bertz CT molecular complexity index is 1230. The van der Waals surface area contributed by atoms with Crippen molar-refractivity contribution in [2.24, 2.45) is 5.41 Å². The topological polar surface area (TPSA) is 95.9 Å². The van der Waals surface area contributed by atoms with E-state index in [1.165, 1.54) is 18.7 Å². The molecule has 4 atom stereocenters. The summed E-state index contributed by atoms with van der Waals surface area (Å²) in [4.78, 5) is 41.0. The number of aliphatic hydroxyl groups is 1. The molecule has 2 amide bonds. The van der Waals surface area contributed by atoms with Gasteiger partial charge in [0.2, 0.25) is 11.8 Å². The fraction of sp³-hybridized carbons (Fsp3) is 0.276. The lowest BCUT2D eigenvalue weighted by Gasteiger charge is -2.56. The van der Waals surface area contributed by atoms with Gasteiger partial charge in [0.05, 0.1) is 23.3 Å². The quantitative estimate of drug-likeness (QED) is 0.369. The standard InChI is InChI=1S/C29H28N2O5S/c1-19(33)30-27-29(18-32,17-31-25(34)23(26(31)37-27)20-11-5-2-6-12-20)28(35)36-24(21-13-7-3-8-14-21)22-15-9-4-10-16-22/h2-16,23-24,26-27,32H,17-18H2,1H3,(H,30,33)/t23?,26-,27?,29?/m1/s1. The van der Waals surface area contributed by atoms with Crippen molar-refractivity contribution in [2.45, 2.75) is 29.7 Å². The summed E-state index contributed by atoms with van der Waals surface area (Å²) in [6, 6.07) is 28.2. The number of thioether (sulfide) groups is 1. The van der Waals surface area contributed by atoms with E-state index < -0.39 is 29.5 Å². The number of aliphatic hydroxyl groups excluding tert-OH is 1. The highest BCUT2D eigenvalue weighted by Gasteiger charge is 2.62. The van der Waals surface area contributed by atoms with Crippen LogP contribution in [0.5, 0.6) is 0 Å². The Balaban J connectivity index is 1.47. The van der Waals surface area contributed by atoms with Crippen LogP contribution in [0.1, 0.15) is 35.6 Å². The molecule has 0 saturated carbocycles. The monoisotopic (exact) mass is 516 g/mol. The predicted molar refractivity (Wildman–Crippen MR) is 140 cm³/mol. The van der Waals surface area contributed by atoms with E-state index in [0.717, 1.165) is 16.7 Å². The molecule has 2 saturated heterocycles. The third-order valence-electron chi connectivity index (χ3n) is 6.98. The third kappa shape index (κ3) is 4.63. The highest BCUT2D eigenvalue weighted by molar-refractivity contribution is 8.00. The van der Waals surface area contributed by atoms with Crippen LogP contribution in [0.15, 0.2) is 91.0 Å². The van der Waals surface area contributed by atoms with Gasteiger partial charge in [-0.3, -0.25) is 14.4 Å². The van der Waals surface area contributed by atoms with E-state index in [4.69, 9.17) is 4.74 Å². The van der Waals surface area contributed by atoms with Crippen molar-refractivity contribution in [3.8, 4) is 0 Å². The first-order valence-electron chi connectivity index (χ1n) is 12.1. The molecule has 0 spiro atoms. The Labute approximate surface area is 219 Å². The highest BCUT2D eigenvalue weighted by atomic mass is 32.2. The minimum absolute atomic E-state index is 0.0522. The number of esters is 1. The van der Waals surface area contributed by atoms with Crippen LogP contribution in [-0.4, -0.2) is 51.7 Å². The van der Waals surface area contributed by atoms with Crippen molar-refractivity contribution in [1.29, 1.82) is 0 Å². The zero-order valence-corrected chi connectivity index (χ0v) is 21.1. The Kier molecular flexibility index (Phi) is 7.04. The summed E-state index contributed by atoms with van der Waals surface area (Å²) in [6.07, 6.45) is -0.719. The van der Waals surface area contributed by atoms with Gasteiger partial charge in [-0.05, 0) is 16.7 Å². The number of amides is 2. The van der Waals surface area contributed by atoms with Gasteiger partial charge in [0.15, 0.2) is 6.10 Å². The minimum atomic E-state index is -1.54. The molecule has 190 valence electrons. The first kappa shape index (κ1) is 25.0. The summed E-state index contributed by atoms with van der Waals surface area (Å²) >= 11 is 1.31. The second-order valence-electron chi connectivity index (χ2n) is 9.38. The van der Waals surface area contributed by atoms with Gasteiger partial charge >= 0.3 is 5.97 Å². The van der Waals surface area contributed by atoms with Crippen molar-refractivity contribution in [3.05, 3.63) is 108 Å². The van der Waals surface area contributed by atoms with Gasteiger partial charge in [-0.2, -0.15) is 0 Å². The molecule has 8 heteroatoms. The first-order chi connectivity index (χ1) is 17.9. The van der Waals surface area contributed by atoms with Gasteiger partial charge in [-0.15, -0.1) is 11.8 Å². The average molecular weight is 517 g/mol. The van der Waals surface area contributed by atoms with Crippen LogP contribution in [0.2, 0.25) is 0 Å². The fourth-order valence-electron chi connectivity index (χ4n) is 5.00. The highest BCUT2D eigenvalue weighted by Crippen LogP contribution is 2.52. The van der Waals surface area contributed by atoms with Crippen LogP contribution < -0.4 is 5.32 Å². The molecule has 2 N–H and O–H groups in total. The summed E-state index contributed by atoms with van der Waals surface area (Å²) in [5.74, 6) is -1.50. The smallest absolute Gasteiger partial charge is 0.320 e. The lowest BCUT2D eigenvalue weighted by molar-refractivity contribution is -0.170. The van der Waals surface area contributed by atoms with Gasteiger partial charge in [-0.1, -0.05) is 91.0 Å². The van der Waals surface area contributed by atoms with E-state index in [2.05, 4.69) is 5.32 Å². The van der Waals surface area contributed by atoms with E-state index in [9.17, 15) is 19.5 Å².